The van der Waals surface area contributed by atoms with Crippen LogP contribution in [-0.4, -0.2) is 33.3 Å². The second kappa shape index (κ2) is 4.42. The quantitative estimate of drug-likeness (QED) is 0.853. The molecule has 4 nitrogen and oxygen atoms in total. The normalized spacial score (nSPS) is 19.6. The van der Waals surface area contributed by atoms with Gasteiger partial charge in [-0.3, -0.25) is 9.58 Å². The van der Waals surface area contributed by atoms with E-state index in [1.54, 1.807) is 0 Å². The van der Waals surface area contributed by atoms with Crippen LogP contribution < -0.4 is 5.73 Å². The zero-order valence-electron chi connectivity index (χ0n) is 11.4. The molecule has 0 unspecified atom stereocenters. The minimum Gasteiger partial charge on any atom is -0.323 e. The minimum atomic E-state index is 0.0200. The van der Waals surface area contributed by atoms with E-state index in [1.807, 2.05) is 11.7 Å². The molecule has 1 aromatic rings. The van der Waals surface area contributed by atoms with Crippen molar-refractivity contribution in [3.63, 3.8) is 0 Å². The molecule has 0 spiro atoms. The largest absolute Gasteiger partial charge is 0.323 e. The van der Waals surface area contributed by atoms with Crippen LogP contribution in [0.4, 0.5) is 0 Å². The Kier molecular flexibility index (Phi) is 3.27. The molecule has 1 aliphatic rings. The highest BCUT2D eigenvalue weighted by molar-refractivity contribution is 5.12. The number of nitrogens with zero attached hydrogens (tertiary/aromatic N) is 3. The Hall–Kier alpha value is -0.870. The Bertz CT molecular complexity index is 388. The van der Waals surface area contributed by atoms with E-state index in [9.17, 15) is 0 Å². The van der Waals surface area contributed by atoms with E-state index in [0.29, 0.717) is 5.92 Å². The fourth-order valence-electron chi connectivity index (χ4n) is 2.38. The van der Waals surface area contributed by atoms with Crippen LogP contribution in [0.5, 0.6) is 0 Å². The van der Waals surface area contributed by atoms with E-state index in [2.05, 4.69) is 36.8 Å². The molecule has 2 N–H and O–H groups in total. The van der Waals surface area contributed by atoms with Gasteiger partial charge in [0.05, 0.1) is 11.4 Å². The number of rotatable bonds is 4. The summed E-state index contributed by atoms with van der Waals surface area (Å²) >= 11 is 0. The lowest BCUT2D eigenvalue weighted by molar-refractivity contribution is 0.0295. The molecule has 2 rings (SSSR count). The summed E-state index contributed by atoms with van der Waals surface area (Å²) in [5.74, 6) is 0.552. The van der Waals surface area contributed by atoms with Gasteiger partial charge < -0.3 is 5.73 Å². The maximum absolute atomic E-state index is 6.29. The van der Waals surface area contributed by atoms with Gasteiger partial charge in [-0.15, -0.1) is 0 Å². The van der Waals surface area contributed by atoms with Crippen molar-refractivity contribution in [2.75, 3.05) is 13.1 Å². The number of nitrogens with two attached hydrogens (primary N) is 1. The summed E-state index contributed by atoms with van der Waals surface area (Å²) in [7, 11) is 2.02. The molecule has 0 radical (unpaired) electrons. The van der Waals surface area contributed by atoms with Gasteiger partial charge in [-0.2, -0.15) is 5.10 Å². The average Bonchev–Trinajstić information content (AvgIpc) is 2.57. The zero-order chi connectivity index (χ0) is 12.6. The topological polar surface area (TPSA) is 47.1 Å². The highest BCUT2D eigenvalue weighted by Gasteiger charge is 2.41. The highest BCUT2D eigenvalue weighted by Crippen LogP contribution is 2.27. The van der Waals surface area contributed by atoms with Crippen molar-refractivity contribution in [1.29, 1.82) is 0 Å². The van der Waals surface area contributed by atoms with Gasteiger partial charge >= 0.3 is 0 Å². The summed E-state index contributed by atoms with van der Waals surface area (Å²) in [5, 5.41) is 4.47. The third kappa shape index (κ3) is 2.38. The number of likely N-dealkylation sites (tertiary alicyclic amines) is 1. The molecule has 0 saturated carbocycles. The fraction of sp³-hybridized carbons (Fsp3) is 0.769. The van der Waals surface area contributed by atoms with Crippen molar-refractivity contribution >= 4 is 0 Å². The lowest BCUT2D eigenvalue weighted by atomic mass is 9.80. The molecule has 1 aliphatic heterocycles. The molecule has 4 heteroatoms. The van der Waals surface area contributed by atoms with Crippen LogP contribution in [0, 0.1) is 5.92 Å². The number of aryl methyl sites for hydroxylation is 2. The van der Waals surface area contributed by atoms with E-state index in [1.165, 1.54) is 11.4 Å². The van der Waals surface area contributed by atoms with E-state index in [0.717, 1.165) is 26.1 Å². The van der Waals surface area contributed by atoms with E-state index < -0.39 is 0 Å². The van der Waals surface area contributed by atoms with E-state index >= 15 is 0 Å². The Morgan fingerprint density at radius 3 is 2.59 bits per heavy atom. The average molecular weight is 236 g/mol. The molecule has 96 valence electrons. The first-order chi connectivity index (χ1) is 7.94. The molecular weight excluding hydrogens is 212 g/mol. The summed E-state index contributed by atoms with van der Waals surface area (Å²) < 4.78 is 1.99. The summed E-state index contributed by atoms with van der Waals surface area (Å²) in [6.07, 6.45) is 1.00. The fourth-order valence-corrected chi connectivity index (χ4v) is 2.38. The first-order valence-electron chi connectivity index (χ1n) is 6.47. The van der Waals surface area contributed by atoms with Crippen molar-refractivity contribution in [2.45, 2.75) is 39.3 Å². The third-order valence-electron chi connectivity index (χ3n) is 3.96. The van der Waals surface area contributed by atoms with E-state index in [-0.39, 0.29) is 5.54 Å². The molecule has 0 amide bonds. The Balaban J connectivity index is 1.93. The van der Waals surface area contributed by atoms with Crippen LogP contribution in [0.2, 0.25) is 0 Å². The van der Waals surface area contributed by atoms with Crippen molar-refractivity contribution in [3.05, 3.63) is 17.5 Å². The van der Waals surface area contributed by atoms with Gasteiger partial charge in [0, 0.05) is 32.2 Å². The smallest absolute Gasteiger partial charge is 0.0625 e. The predicted octanol–water partition coefficient (Wildman–Crippen LogP) is 1.15. The number of hydrogen-bond acceptors (Lipinski definition) is 3. The van der Waals surface area contributed by atoms with Crippen molar-refractivity contribution < 1.29 is 0 Å². The van der Waals surface area contributed by atoms with Gasteiger partial charge in [0.15, 0.2) is 0 Å². The van der Waals surface area contributed by atoms with Crippen LogP contribution in [-0.2, 0) is 20.0 Å². The zero-order valence-corrected chi connectivity index (χ0v) is 11.4. The Morgan fingerprint density at radius 2 is 2.12 bits per heavy atom. The second-order valence-electron chi connectivity index (χ2n) is 5.64. The number of hydrogen-bond donors (Lipinski definition) is 1. The molecular formula is C13H24N4. The van der Waals surface area contributed by atoms with Gasteiger partial charge in [0.2, 0.25) is 0 Å². The monoisotopic (exact) mass is 236 g/mol. The Labute approximate surface area is 104 Å². The molecule has 1 saturated heterocycles. The van der Waals surface area contributed by atoms with Crippen LogP contribution in [0.3, 0.4) is 0 Å². The molecule has 1 aromatic heterocycles. The molecule has 0 aromatic carbocycles. The maximum Gasteiger partial charge on any atom is 0.0625 e. The molecule has 0 atom stereocenters. The molecule has 0 bridgehead atoms. The van der Waals surface area contributed by atoms with Crippen molar-refractivity contribution in [1.82, 2.24) is 14.7 Å². The molecule has 0 aliphatic carbocycles. The summed E-state index contributed by atoms with van der Waals surface area (Å²) in [6, 6.07) is 2.20. The maximum atomic E-state index is 6.29. The lowest BCUT2D eigenvalue weighted by Crippen LogP contribution is -2.69. The lowest BCUT2D eigenvalue weighted by Gasteiger charge is -2.50. The summed E-state index contributed by atoms with van der Waals surface area (Å²) in [4.78, 5) is 2.40. The minimum absolute atomic E-state index is 0.0200. The SMILES string of the molecule is CCc1cc(CN2CC(N)(C(C)C)C2)n(C)n1. The van der Waals surface area contributed by atoms with Gasteiger partial charge in [-0.1, -0.05) is 20.8 Å². The van der Waals surface area contributed by atoms with Gasteiger partial charge in [-0.25, -0.2) is 0 Å². The highest BCUT2D eigenvalue weighted by atomic mass is 15.3. The first kappa shape index (κ1) is 12.6. The third-order valence-corrected chi connectivity index (χ3v) is 3.96. The van der Waals surface area contributed by atoms with Crippen molar-refractivity contribution in [2.24, 2.45) is 18.7 Å². The van der Waals surface area contributed by atoms with E-state index in [4.69, 9.17) is 5.73 Å². The van der Waals surface area contributed by atoms with Crippen molar-refractivity contribution in [3.8, 4) is 0 Å². The molecule has 2 heterocycles. The van der Waals surface area contributed by atoms with Crippen LogP contribution in [0.1, 0.15) is 32.2 Å². The molecule has 17 heavy (non-hydrogen) atoms. The standard InChI is InChI=1S/C13H24N4/c1-5-11-6-12(16(4)15-11)7-17-8-13(14,9-17)10(2)3/h6,10H,5,7-9,14H2,1-4H3. The van der Waals surface area contributed by atoms with Gasteiger partial charge in [-0.05, 0) is 18.4 Å². The molecule has 1 fully saturated rings. The first-order valence-corrected chi connectivity index (χ1v) is 6.47. The number of aromatic nitrogens is 2. The second-order valence-corrected chi connectivity index (χ2v) is 5.64. The van der Waals surface area contributed by atoms with Gasteiger partial charge in [0.25, 0.3) is 0 Å². The summed E-state index contributed by atoms with van der Waals surface area (Å²) in [5.41, 5.74) is 8.77. The summed E-state index contributed by atoms with van der Waals surface area (Å²) in [6.45, 7) is 9.51. The predicted molar refractivity (Wildman–Crippen MR) is 69.6 cm³/mol. The van der Waals surface area contributed by atoms with Crippen LogP contribution in [0.15, 0.2) is 6.07 Å². The van der Waals surface area contributed by atoms with Gasteiger partial charge in [0.1, 0.15) is 0 Å². The van der Waals surface area contributed by atoms with Crippen LogP contribution in [0.25, 0.3) is 0 Å². The Morgan fingerprint density at radius 1 is 1.47 bits per heavy atom. The van der Waals surface area contributed by atoms with Crippen LogP contribution >= 0.6 is 0 Å².